The van der Waals surface area contributed by atoms with E-state index >= 15 is 0 Å². The molecule has 3 atom stereocenters. The van der Waals surface area contributed by atoms with Gasteiger partial charge < -0.3 is 10.2 Å². The maximum atomic E-state index is 10.7. The summed E-state index contributed by atoms with van der Waals surface area (Å²) in [5.74, 6) is 0. The normalized spacial score (nSPS) is 24.7. The highest BCUT2D eigenvalue weighted by Crippen LogP contribution is 2.26. The first-order chi connectivity index (χ1) is 11.7. The second kappa shape index (κ2) is 8.43. The van der Waals surface area contributed by atoms with Gasteiger partial charge in [0.1, 0.15) is 0 Å². The lowest BCUT2D eigenvalue weighted by Crippen LogP contribution is -2.47. The highest BCUT2D eigenvalue weighted by Gasteiger charge is 2.32. The molecule has 0 radical (unpaired) electrons. The first-order valence-electron chi connectivity index (χ1n) is 8.92. The van der Waals surface area contributed by atoms with Gasteiger partial charge in [-0.3, -0.25) is 4.90 Å². The van der Waals surface area contributed by atoms with E-state index in [0.717, 1.165) is 32.4 Å². The van der Waals surface area contributed by atoms with Crippen LogP contribution in [-0.2, 0) is 13.1 Å². The van der Waals surface area contributed by atoms with Crippen molar-refractivity contribution in [2.24, 2.45) is 0 Å². The van der Waals surface area contributed by atoms with Crippen molar-refractivity contribution in [2.45, 2.75) is 57.0 Å². The van der Waals surface area contributed by atoms with Crippen LogP contribution in [0.2, 0.25) is 0 Å². The van der Waals surface area contributed by atoms with Crippen molar-refractivity contribution in [1.29, 1.82) is 0 Å². The maximum Gasteiger partial charge on any atom is 0.0953 e. The number of benzene rings is 2. The van der Waals surface area contributed by atoms with Crippen LogP contribution >= 0.6 is 0 Å². The largest absolute Gasteiger partial charge is 0.390 e. The molecule has 3 rings (SSSR count). The molecule has 0 amide bonds. The minimum atomic E-state index is -0.681. The monoisotopic (exact) mass is 325 g/mol. The lowest BCUT2D eigenvalue weighted by Gasteiger charge is -2.35. The first kappa shape index (κ1) is 17.2. The number of aliphatic hydroxyl groups excluding tert-OH is 2. The Morgan fingerprint density at radius 1 is 0.750 bits per heavy atom. The zero-order valence-corrected chi connectivity index (χ0v) is 14.1. The van der Waals surface area contributed by atoms with Crippen LogP contribution in [0, 0.1) is 0 Å². The average molecular weight is 325 g/mol. The summed E-state index contributed by atoms with van der Waals surface area (Å²) in [6, 6.07) is 20.7. The van der Waals surface area contributed by atoms with E-state index in [9.17, 15) is 10.2 Å². The third-order valence-electron chi connectivity index (χ3n) is 4.96. The van der Waals surface area contributed by atoms with E-state index in [2.05, 4.69) is 29.2 Å². The number of nitrogens with zero attached hydrogens (tertiary/aromatic N) is 1. The number of rotatable bonds is 5. The first-order valence-corrected chi connectivity index (χ1v) is 8.92. The zero-order valence-electron chi connectivity index (χ0n) is 14.1. The van der Waals surface area contributed by atoms with Crippen LogP contribution in [0.5, 0.6) is 0 Å². The molecule has 2 N–H and O–H groups in total. The Bertz CT molecular complexity index is 560. The Morgan fingerprint density at radius 3 is 1.79 bits per heavy atom. The Kier molecular flexibility index (Phi) is 6.02. The summed E-state index contributed by atoms with van der Waals surface area (Å²) < 4.78 is 0. The third kappa shape index (κ3) is 4.44. The van der Waals surface area contributed by atoms with Crippen LogP contribution in [0.15, 0.2) is 60.7 Å². The Balaban J connectivity index is 1.82. The molecule has 2 aromatic rings. The summed E-state index contributed by atoms with van der Waals surface area (Å²) in [4.78, 5) is 2.32. The summed E-state index contributed by atoms with van der Waals surface area (Å²) in [7, 11) is 0. The summed E-state index contributed by atoms with van der Waals surface area (Å²) in [6.07, 6.45) is 2.37. The molecule has 1 fully saturated rings. The van der Waals surface area contributed by atoms with E-state index in [1.807, 2.05) is 36.4 Å². The molecular weight excluding hydrogens is 298 g/mol. The van der Waals surface area contributed by atoms with Gasteiger partial charge in [-0.25, -0.2) is 0 Å². The highest BCUT2D eigenvalue weighted by atomic mass is 16.3. The third-order valence-corrected chi connectivity index (χ3v) is 4.96. The predicted molar refractivity (Wildman–Crippen MR) is 96.4 cm³/mol. The van der Waals surface area contributed by atoms with Crippen LogP contribution < -0.4 is 0 Å². The van der Waals surface area contributed by atoms with Crippen LogP contribution in [0.25, 0.3) is 0 Å². The molecule has 0 aromatic heterocycles. The second-order valence-electron chi connectivity index (χ2n) is 6.79. The second-order valence-corrected chi connectivity index (χ2v) is 6.79. The minimum Gasteiger partial charge on any atom is -0.390 e. The molecule has 1 saturated carbocycles. The van der Waals surface area contributed by atoms with Gasteiger partial charge >= 0.3 is 0 Å². The fraction of sp³-hybridized carbons (Fsp3) is 0.429. The fourth-order valence-electron chi connectivity index (χ4n) is 3.63. The van der Waals surface area contributed by atoms with Gasteiger partial charge in [-0.1, -0.05) is 73.5 Å². The minimum absolute atomic E-state index is 0.0112. The Hall–Kier alpha value is -1.68. The van der Waals surface area contributed by atoms with Crippen molar-refractivity contribution in [1.82, 2.24) is 4.90 Å². The van der Waals surface area contributed by atoms with Gasteiger partial charge in [0, 0.05) is 19.1 Å². The standard InChI is InChI=1S/C21H27NO2/c23-20-14-8-7-13-19(21(20)24)22(15-17-9-3-1-4-10-17)16-18-11-5-2-6-12-18/h1-6,9-12,19-21,23-24H,7-8,13-16H2. The smallest absolute Gasteiger partial charge is 0.0953 e. The van der Waals surface area contributed by atoms with Crippen molar-refractivity contribution in [2.75, 3.05) is 0 Å². The highest BCUT2D eigenvalue weighted by molar-refractivity contribution is 5.17. The number of hydrogen-bond acceptors (Lipinski definition) is 3. The van der Waals surface area contributed by atoms with Crippen molar-refractivity contribution in [3.05, 3.63) is 71.8 Å². The van der Waals surface area contributed by atoms with Gasteiger partial charge in [0.15, 0.2) is 0 Å². The molecule has 0 spiro atoms. The SMILES string of the molecule is OC1CCCCC(N(Cc2ccccc2)Cc2ccccc2)C1O. The fourth-order valence-corrected chi connectivity index (χ4v) is 3.63. The Labute approximate surface area is 144 Å². The molecule has 0 heterocycles. The molecule has 3 unspecified atom stereocenters. The van der Waals surface area contributed by atoms with Crippen molar-refractivity contribution in [3.63, 3.8) is 0 Å². The molecule has 2 aromatic carbocycles. The maximum absolute atomic E-state index is 10.7. The van der Waals surface area contributed by atoms with E-state index in [1.165, 1.54) is 11.1 Å². The van der Waals surface area contributed by atoms with E-state index in [-0.39, 0.29) is 6.04 Å². The van der Waals surface area contributed by atoms with Crippen molar-refractivity contribution in [3.8, 4) is 0 Å². The molecule has 128 valence electrons. The number of aliphatic hydroxyl groups is 2. The molecule has 0 aliphatic heterocycles. The summed E-state index contributed by atoms with van der Waals surface area (Å²) in [5.41, 5.74) is 2.47. The molecule has 1 aliphatic carbocycles. The van der Waals surface area contributed by atoms with Gasteiger partial charge in [0.05, 0.1) is 12.2 Å². The van der Waals surface area contributed by atoms with E-state index in [1.54, 1.807) is 0 Å². The molecule has 3 nitrogen and oxygen atoms in total. The van der Waals surface area contributed by atoms with Gasteiger partial charge in [-0.15, -0.1) is 0 Å². The molecule has 24 heavy (non-hydrogen) atoms. The van der Waals surface area contributed by atoms with Crippen LogP contribution in [0.1, 0.15) is 36.8 Å². The van der Waals surface area contributed by atoms with Gasteiger partial charge in [0.2, 0.25) is 0 Å². The van der Waals surface area contributed by atoms with Crippen LogP contribution in [0.4, 0.5) is 0 Å². The van der Waals surface area contributed by atoms with E-state index < -0.39 is 12.2 Å². The molecule has 3 heteroatoms. The number of hydrogen-bond donors (Lipinski definition) is 2. The molecular formula is C21H27NO2. The Morgan fingerprint density at radius 2 is 1.25 bits per heavy atom. The van der Waals surface area contributed by atoms with Crippen LogP contribution in [-0.4, -0.2) is 33.4 Å². The quantitative estimate of drug-likeness (QED) is 0.829. The van der Waals surface area contributed by atoms with Gasteiger partial charge in [-0.05, 0) is 24.0 Å². The summed E-state index contributed by atoms with van der Waals surface area (Å²) in [5, 5.41) is 20.9. The lowest BCUT2D eigenvalue weighted by molar-refractivity contribution is -0.0407. The van der Waals surface area contributed by atoms with E-state index in [4.69, 9.17) is 0 Å². The molecule has 0 saturated heterocycles. The zero-order chi connectivity index (χ0) is 16.8. The topological polar surface area (TPSA) is 43.7 Å². The molecule has 0 bridgehead atoms. The van der Waals surface area contributed by atoms with Crippen LogP contribution in [0.3, 0.4) is 0 Å². The van der Waals surface area contributed by atoms with E-state index in [0.29, 0.717) is 6.42 Å². The summed E-state index contributed by atoms with van der Waals surface area (Å²) in [6.45, 7) is 1.56. The molecule has 1 aliphatic rings. The van der Waals surface area contributed by atoms with Gasteiger partial charge in [0.25, 0.3) is 0 Å². The van der Waals surface area contributed by atoms with Crippen molar-refractivity contribution >= 4 is 0 Å². The lowest BCUT2D eigenvalue weighted by atomic mass is 10.00. The summed E-state index contributed by atoms with van der Waals surface area (Å²) >= 11 is 0. The average Bonchev–Trinajstić information content (AvgIpc) is 2.78. The van der Waals surface area contributed by atoms with Crippen molar-refractivity contribution < 1.29 is 10.2 Å². The predicted octanol–water partition coefficient (Wildman–Crippen LogP) is 3.35. The van der Waals surface area contributed by atoms with Gasteiger partial charge in [-0.2, -0.15) is 0 Å².